The van der Waals surface area contributed by atoms with E-state index in [0.717, 1.165) is 13.0 Å². The van der Waals surface area contributed by atoms with Crippen molar-refractivity contribution in [1.82, 2.24) is 4.90 Å². The molecule has 2 N–H and O–H groups in total. The van der Waals surface area contributed by atoms with Crippen LogP contribution in [0.3, 0.4) is 0 Å². The Hall–Kier alpha value is -1.01. The maximum absolute atomic E-state index is 11.0. The molecule has 0 radical (unpaired) electrons. The quantitative estimate of drug-likeness (QED) is 0.578. The van der Waals surface area contributed by atoms with Gasteiger partial charge in [0.2, 0.25) is 5.91 Å². The van der Waals surface area contributed by atoms with Crippen molar-refractivity contribution in [2.24, 2.45) is 11.1 Å². The molecule has 0 bridgehead atoms. The first-order chi connectivity index (χ1) is 5.58. The predicted molar refractivity (Wildman–Crippen MR) is 47.2 cm³/mol. The highest BCUT2D eigenvalue weighted by molar-refractivity contribution is 5.81. The fraction of sp³-hybridized carbons (Fsp3) is 0.667. The standard InChI is InChI=1S/C9H14N2O/c1-3-5-11-6-4-9(2,7-11)8(10)12/h1H,4-7H2,2H3,(H2,10,12). The molecule has 0 aromatic carbocycles. The number of nitrogens with zero attached hydrogens (tertiary/aromatic N) is 1. The molecule has 1 fully saturated rings. The molecular weight excluding hydrogens is 152 g/mol. The van der Waals surface area contributed by atoms with Crippen LogP contribution in [0.4, 0.5) is 0 Å². The van der Waals surface area contributed by atoms with Crippen LogP contribution in [-0.4, -0.2) is 30.4 Å². The summed E-state index contributed by atoms with van der Waals surface area (Å²) in [5.41, 5.74) is 4.91. The minimum atomic E-state index is -0.364. The molecule has 0 aromatic heterocycles. The van der Waals surface area contributed by atoms with Gasteiger partial charge in [0.1, 0.15) is 0 Å². The van der Waals surface area contributed by atoms with Gasteiger partial charge < -0.3 is 5.73 Å². The van der Waals surface area contributed by atoms with Crippen LogP contribution >= 0.6 is 0 Å². The summed E-state index contributed by atoms with van der Waals surface area (Å²) in [5.74, 6) is 2.34. The summed E-state index contributed by atoms with van der Waals surface area (Å²) in [6.07, 6.45) is 5.99. The van der Waals surface area contributed by atoms with E-state index in [2.05, 4.69) is 10.8 Å². The van der Waals surface area contributed by atoms with Crippen LogP contribution < -0.4 is 5.73 Å². The van der Waals surface area contributed by atoms with Gasteiger partial charge in [0.05, 0.1) is 12.0 Å². The average molecular weight is 166 g/mol. The van der Waals surface area contributed by atoms with Gasteiger partial charge in [-0.15, -0.1) is 6.42 Å². The normalized spacial score (nSPS) is 30.0. The van der Waals surface area contributed by atoms with Crippen molar-refractivity contribution in [3.8, 4) is 12.3 Å². The highest BCUT2D eigenvalue weighted by atomic mass is 16.1. The summed E-state index contributed by atoms with van der Waals surface area (Å²) in [7, 11) is 0. The second-order valence-electron chi connectivity index (χ2n) is 3.59. The molecule has 1 amide bonds. The predicted octanol–water partition coefficient (Wildman–Crippen LogP) is -0.183. The number of carbonyl (C=O) groups is 1. The Balaban J connectivity index is 2.56. The van der Waals surface area contributed by atoms with E-state index in [1.54, 1.807) is 0 Å². The SMILES string of the molecule is C#CCN1CCC(C)(C(N)=O)C1. The van der Waals surface area contributed by atoms with Crippen molar-refractivity contribution in [2.75, 3.05) is 19.6 Å². The van der Waals surface area contributed by atoms with Crippen molar-refractivity contribution in [3.63, 3.8) is 0 Å². The summed E-state index contributed by atoms with van der Waals surface area (Å²) < 4.78 is 0. The van der Waals surface area contributed by atoms with Crippen molar-refractivity contribution in [3.05, 3.63) is 0 Å². The minimum Gasteiger partial charge on any atom is -0.369 e. The van der Waals surface area contributed by atoms with Crippen molar-refractivity contribution < 1.29 is 4.79 Å². The number of nitrogens with two attached hydrogens (primary N) is 1. The second kappa shape index (κ2) is 3.16. The van der Waals surface area contributed by atoms with E-state index in [1.807, 2.05) is 6.92 Å². The van der Waals surface area contributed by atoms with Gasteiger partial charge in [0.25, 0.3) is 0 Å². The number of likely N-dealkylation sites (tertiary alicyclic amines) is 1. The topological polar surface area (TPSA) is 46.3 Å². The molecule has 1 unspecified atom stereocenters. The second-order valence-corrected chi connectivity index (χ2v) is 3.59. The number of hydrogen-bond acceptors (Lipinski definition) is 2. The lowest BCUT2D eigenvalue weighted by Gasteiger charge is -2.19. The van der Waals surface area contributed by atoms with E-state index in [-0.39, 0.29) is 11.3 Å². The average Bonchev–Trinajstić information content (AvgIpc) is 2.34. The first kappa shape index (κ1) is 9.08. The Morgan fingerprint density at radius 3 is 2.92 bits per heavy atom. The van der Waals surface area contributed by atoms with Crippen LogP contribution in [0.5, 0.6) is 0 Å². The van der Waals surface area contributed by atoms with Gasteiger partial charge in [0, 0.05) is 13.1 Å². The lowest BCUT2D eigenvalue weighted by molar-refractivity contribution is -0.126. The van der Waals surface area contributed by atoms with Crippen LogP contribution in [0.2, 0.25) is 0 Å². The number of rotatable bonds is 2. The van der Waals surface area contributed by atoms with Gasteiger partial charge in [-0.05, 0) is 13.3 Å². The van der Waals surface area contributed by atoms with E-state index in [9.17, 15) is 4.79 Å². The molecular formula is C9H14N2O. The fourth-order valence-electron chi connectivity index (χ4n) is 1.52. The fourth-order valence-corrected chi connectivity index (χ4v) is 1.52. The Morgan fingerprint density at radius 1 is 1.83 bits per heavy atom. The van der Waals surface area contributed by atoms with E-state index in [1.165, 1.54) is 0 Å². The molecule has 1 atom stereocenters. The molecule has 1 heterocycles. The monoisotopic (exact) mass is 166 g/mol. The molecule has 66 valence electrons. The first-order valence-electron chi connectivity index (χ1n) is 4.04. The zero-order chi connectivity index (χ0) is 9.19. The van der Waals surface area contributed by atoms with Gasteiger partial charge in [-0.1, -0.05) is 5.92 Å². The zero-order valence-electron chi connectivity index (χ0n) is 7.34. The summed E-state index contributed by atoms with van der Waals surface area (Å²) in [6.45, 7) is 4.09. The Morgan fingerprint density at radius 2 is 2.50 bits per heavy atom. The molecule has 0 spiro atoms. The third-order valence-electron chi connectivity index (χ3n) is 2.46. The number of terminal acetylenes is 1. The summed E-state index contributed by atoms with van der Waals surface area (Å²) in [4.78, 5) is 13.1. The Bertz CT molecular complexity index is 231. The van der Waals surface area contributed by atoms with Gasteiger partial charge in [0.15, 0.2) is 0 Å². The molecule has 1 aliphatic heterocycles. The molecule has 1 saturated heterocycles. The number of amides is 1. The van der Waals surface area contributed by atoms with E-state index >= 15 is 0 Å². The summed E-state index contributed by atoms with van der Waals surface area (Å²) >= 11 is 0. The Kier molecular flexibility index (Phi) is 2.39. The molecule has 0 aliphatic carbocycles. The number of carbonyl (C=O) groups excluding carboxylic acids is 1. The van der Waals surface area contributed by atoms with Crippen molar-refractivity contribution >= 4 is 5.91 Å². The summed E-state index contributed by atoms with van der Waals surface area (Å²) in [5, 5.41) is 0. The molecule has 1 rings (SSSR count). The molecule has 1 aliphatic rings. The van der Waals surface area contributed by atoms with Crippen LogP contribution in [0, 0.1) is 17.8 Å². The minimum absolute atomic E-state index is 0.220. The van der Waals surface area contributed by atoms with Crippen LogP contribution in [0.25, 0.3) is 0 Å². The molecule has 0 aromatic rings. The molecule has 3 heteroatoms. The van der Waals surface area contributed by atoms with E-state index in [0.29, 0.717) is 13.1 Å². The lowest BCUT2D eigenvalue weighted by Crippen LogP contribution is -2.37. The van der Waals surface area contributed by atoms with Crippen LogP contribution in [-0.2, 0) is 4.79 Å². The largest absolute Gasteiger partial charge is 0.369 e. The molecule has 0 saturated carbocycles. The maximum atomic E-state index is 11.0. The van der Waals surface area contributed by atoms with E-state index in [4.69, 9.17) is 12.2 Å². The summed E-state index contributed by atoms with van der Waals surface area (Å²) in [6, 6.07) is 0. The van der Waals surface area contributed by atoms with Crippen LogP contribution in [0.1, 0.15) is 13.3 Å². The van der Waals surface area contributed by atoms with E-state index < -0.39 is 0 Å². The van der Waals surface area contributed by atoms with Crippen molar-refractivity contribution in [1.29, 1.82) is 0 Å². The first-order valence-corrected chi connectivity index (χ1v) is 4.04. The highest BCUT2D eigenvalue weighted by Crippen LogP contribution is 2.28. The van der Waals surface area contributed by atoms with Crippen molar-refractivity contribution in [2.45, 2.75) is 13.3 Å². The van der Waals surface area contributed by atoms with Gasteiger partial charge in [-0.25, -0.2) is 0 Å². The van der Waals surface area contributed by atoms with Gasteiger partial charge in [-0.2, -0.15) is 0 Å². The Labute approximate surface area is 72.9 Å². The number of hydrogen-bond donors (Lipinski definition) is 1. The number of primary amides is 1. The lowest BCUT2D eigenvalue weighted by atomic mass is 9.89. The third kappa shape index (κ3) is 1.59. The molecule has 3 nitrogen and oxygen atoms in total. The smallest absolute Gasteiger partial charge is 0.224 e. The molecule has 12 heavy (non-hydrogen) atoms. The zero-order valence-corrected chi connectivity index (χ0v) is 7.34. The van der Waals surface area contributed by atoms with Gasteiger partial charge in [-0.3, -0.25) is 9.69 Å². The van der Waals surface area contributed by atoms with Crippen LogP contribution in [0.15, 0.2) is 0 Å². The third-order valence-corrected chi connectivity index (χ3v) is 2.46. The maximum Gasteiger partial charge on any atom is 0.224 e. The highest BCUT2D eigenvalue weighted by Gasteiger charge is 2.38. The van der Waals surface area contributed by atoms with Gasteiger partial charge >= 0.3 is 0 Å².